The number of aromatic amines is 1. The molecule has 3 rings (SSSR count). The van der Waals surface area contributed by atoms with Gasteiger partial charge in [0.1, 0.15) is 5.69 Å². The molecule has 1 saturated heterocycles. The second kappa shape index (κ2) is 6.81. The van der Waals surface area contributed by atoms with Crippen molar-refractivity contribution in [2.24, 2.45) is 0 Å². The molecule has 0 saturated carbocycles. The minimum atomic E-state index is 0.143. The summed E-state index contributed by atoms with van der Waals surface area (Å²) in [5.74, 6) is 0.143. The van der Waals surface area contributed by atoms with Gasteiger partial charge in [-0.2, -0.15) is 5.10 Å². The van der Waals surface area contributed by atoms with Crippen LogP contribution < -0.4 is 0 Å². The van der Waals surface area contributed by atoms with Gasteiger partial charge < -0.3 is 9.88 Å². The highest BCUT2D eigenvalue weighted by molar-refractivity contribution is 5.92. The monoisotopic (exact) mass is 300 g/mol. The lowest BCUT2D eigenvalue weighted by molar-refractivity contribution is 0.0588. The van der Waals surface area contributed by atoms with Gasteiger partial charge in [0.05, 0.1) is 0 Å². The Hall–Kier alpha value is -2.04. The van der Waals surface area contributed by atoms with Crippen molar-refractivity contribution in [1.82, 2.24) is 19.7 Å². The zero-order valence-corrected chi connectivity index (χ0v) is 13.2. The standard InChI is InChI=1S/C17H24N4O/c1-2-14-7-8-16(19-14)17(22)21-12-4-3-6-15(21)9-13-20-11-5-10-18-20/h5,7-8,10-11,15,19H,2-4,6,9,12-13H2,1H3. The summed E-state index contributed by atoms with van der Waals surface area (Å²) in [6, 6.07) is 6.18. The van der Waals surface area contributed by atoms with E-state index in [1.54, 1.807) is 6.20 Å². The molecule has 2 aromatic rings. The second-order valence-corrected chi connectivity index (χ2v) is 5.96. The molecule has 1 amide bonds. The van der Waals surface area contributed by atoms with E-state index in [1.165, 1.54) is 6.42 Å². The number of nitrogens with zero attached hydrogens (tertiary/aromatic N) is 3. The summed E-state index contributed by atoms with van der Waals surface area (Å²) in [5, 5.41) is 4.25. The number of likely N-dealkylation sites (tertiary alicyclic amines) is 1. The number of carbonyl (C=O) groups excluding carboxylic acids is 1. The smallest absolute Gasteiger partial charge is 0.270 e. The Morgan fingerprint density at radius 3 is 3.05 bits per heavy atom. The molecule has 1 unspecified atom stereocenters. The predicted octanol–water partition coefficient (Wildman–Crippen LogP) is 2.86. The largest absolute Gasteiger partial charge is 0.354 e. The van der Waals surface area contributed by atoms with Gasteiger partial charge in [0.15, 0.2) is 0 Å². The van der Waals surface area contributed by atoms with E-state index in [2.05, 4.69) is 21.9 Å². The first-order chi connectivity index (χ1) is 10.8. The minimum absolute atomic E-state index is 0.143. The van der Waals surface area contributed by atoms with Crippen molar-refractivity contribution < 1.29 is 4.79 Å². The maximum atomic E-state index is 12.8. The number of H-pyrrole nitrogens is 1. The summed E-state index contributed by atoms with van der Waals surface area (Å²) >= 11 is 0. The molecule has 5 heteroatoms. The number of amides is 1. The number of rotatable bonds is 5. The Morgan fingerprint density at radius 2 is 2.32 bits per heavy atom. The van der Waals surface area contributed by atoms with E-state index < -0.39 is 0 Å². The topological polar surface area (TPSA) is 53.9 Å². The molecule has 0 spiro atoms. The summed E-state index contributed by atoms with van der Waals surface area (Å²) in [6.45, 7) is 3.82. The van der Waals surface area contributed by atoms with E-state index in [-0.39, 0.29) is 5.91 Å². The van der Waals surface area contributed by atoms with Crippen LogP contribution >= 0.6 is 0 Å². The van der Waals surface area contributed by atoms with Gasteiger partial charge in [-0.3, -0.25) is 9.48 Å². The molecule has 0 aromatic carbocycles. The average molecular weight is 300 g/mol. The Morgan fingerprint density at radius 1 is 1.41 bits per heavy atom. The molecule has 1 N–H and O–H groups in total. The first kappa shape index (κ1) is 14.9. The maximum absolute atomic E-state index is 12.8. The lowest BCUT2D eigenvalue weighted by Crippen LogP contribution is -2.44. The lowest BCUT2D eigenvalue weighted by Gasteiger charge is -2.35. The average Bonchev–Trinajstić information content (AvgIpc) is 3.24. The van der Waals surface area contributed by atoms with Crippen LogP contribution in [0.4, 0.5) is 0 Å². The van der Waals surface area contributed by atoms with Crippen LogP contribution in [0.5, 0.6) is 0 Å². The van der Waals surface area contributed by atoms with E-state index in [1.807, 2.05) is 29.1 Å². The van der Waals surface area contributed by atoms with Gasteiger partial charge in [0, 0.05) is 37.2 Å². The lowest BCUT2D eigenvalue weighted by atomic mass is 9.99. The Labute approximate surface area is 131 Å². The van der Waals surface area contributed by atoms with Gasteiger partial charge in [-0.1, -0.05) is 6.92 Å². The van der Waals surface area contributed by atoms with Crippen molar-refractivity contribution in [3.8, 4) is 0 Å². The number of aromatic nitrogens is 3. The van der Waals surface area contributed by atoms with Crippen molar-refractivity contribution in [3.05, 3.63) is 42.0 Å². The Balaban J connectivity index is 1.67. The summed E-state index contributed by atoms with van der Waals surface area (Å²) in [6.07, 6.45) is 9.07. The van der Waals surface area contributed by atoms with Crippen molar-refractivity contribution >= 4 is 5.91 Å². The van der Waals surface area contributed by atoms with Crippen LogP contribution in [0.25, 0.3) is 0 Å². The molecule has 1 aliphatic heterocycles. The molecule has 2 aromatic heterocycles. The molecule has 5 nitrogen and oxygen atoms in total. The van der Waals surface area contributed by atoms with Gasteiger partial charge in [-0.25, -0.2) is 0 Å². The van der Waals surface area contributed by atoms with Gasteiger partial charge in [-0.15, -0.1) is 0 Å². The molecule has 0 radical (unpaired) electrons. The van der Waals surface area contributed by atoms with Crippen LogP contribution in [0, 0.1) is 0 Å². The normalized spacial score (nSPS) is 18.6. The van der Waals surface area contributed by atoms with Crippen LogP contribution in [0.3, 0.4) is 0 Å². The second-order valence-electron chi connectivity index (χ2n) is 5.96. The molecule has 22 heavy (non-hydrogen) atoms. The molecule has 0 bridgehead atoms. The highest BCUT2D eigenvalue weighted by Gasteiger charge is 2.27. The number of hydrogen-bond acceptors (Lipinski definition) is 2. The van der Waals surface area contributed by atoms with Crippen LogP contribution in [-0.4, -0.2) is 38.2 Å². The van der Waals surface area contributed by atoms with Gasteiger partial charge in [-0.05, 0) is 50.3 Å². The predicted molar refractivity (Wildman–Crippen MR) is 85.7 cm³/mol. The zero-order chi connectivity index (χ0) is 15.4. The van der Waals surface area contributed by atoms with E-state index in [0.717, 1.165) is 50.2 Å². The molecule has 1 fully saturated rings. The van der Waals surface area contributed by atoms with Gasteiger partial charge >= 0.3 is 0 Å². The quantitative estimate of drug-likeness (QED) is 0.923. The van der Waals surface area contributed by atoms with E-state index >= 15 is 0 Å². The van der Waals surface area contributed by atoms with Crippen LogP contribution in [0.2, 0.25) is 0 Å². The van der Waals surface area contributed by atoms with Crippen LogP contribution in [0.1, 0.15) is 48.8 Å². The van der Waals surface area contributed by atoms with Gasteiger partial charge in [0.2, 0.25) is 0 Å². The molecule has 1 aliphatic rings. The fraction of sp³-hybridized carbons (Fsp3) is 0.529. The van der Waals surface area contributed by atoms with E-state index in [0.29, 0.717) is 6.04 Å². The number of hydrogen-bond donors (Lipinski definition) is 1. The number of aryl methyl sites for hydroxylation is 2. The molecule has 0 aliphatic carbocycles. The summed E-state index contributed by atoms with van der Waals surface area (Å²) in [7, 11) is 0. The third-order valence-electron chi connectivity index (χ3n) is 4.50. The zero-order valence-electron chi connectivity index (χ0n) is 13.2. The highest BCUT2D eigenvalue weighted by Crippen LogP contribution is 2.22. The third-order valence-corrected chi connectivity index (χ3v) is 4.50. The van der Waals surface area contributed by atoms with Crippen molar-refractivity contribution in [1.29, 1.82) is 0 Å². The first-order valence-corrected chi connectivity index (χ1v) is 8.24. The van der Waals surface area contributed by atoms with E-state index in [9.17, 15) is 4.79 Å². The maximum Gasteiger partial charge on any atom is 0.270 e. The van der Waals surface area contributed by atoms with E-state index in [4.69, 9.17) is 0 Å². The van der Waals surface area contributed by atoms with Crippen LogP contribution in [-0.2, 0) is 13.0 Å². The molecular formula is C17H24N4O. The van der Waals surface area contributed by atoms with Crippen LogP contribution in [0.15, 0.2) is 30.6 Å². The molecule has 3 heterocycles. The summed E-state index contributed by atoms with van der Waals surface area (Å²) in [4.78, 5) is 18.1. The SMILES string of the molecule is CCc1ccc(C(=O)N2CCCCC2CCn2cccn2)[nH]1. The molecular weight excluding hydrogens is 276 g/mol. The minimum Gasteiger partial charge on any atom is -0.354 e. The first-order valence-electron chi connectivity index (χ1n) is 8.24. The summed E-state index contributed by atoms with van der Waals surface area (Å²) < 4.78 is 1.95. The van der Waals surface area contributed by atoms with Crippen molar-refractivity contribution in [2.75, 3.05) is 6.54 Å². The van der Waals surface area contributed by atoms with Crippen molar-refractivity contribution in [2.45, 2.75) is 51.6 Å². The number of nitrogens with one attached hydrogen (secondary N) is 1. The Kier molecular flexibility index (Phi) is 4.61. The fourth-order valence-corrected chi connectivity index (χ4v) is 3.21. The fourth-order valence-electron chi connectivity index (χ4n) is 3.21. The Bertz CT molecular complexity index is 602. The number of carbonyl (C=O) groups is 1. The van der Waals surface area contributed by atoms with Crippen molar-refractivity contribution in [3.63, 3.8) is 0 Å². The molecule has 1 atom stereocenters. The molecule has 118 valence electrons. The highest BCUT2D eigenvalue weighted by atomic mass is 16.2. The van der Waals surface area contributed by atoms with Gasteiger partial charge in [0.25, 0.3) is 5.91 Å². The number of piperidine rings is 1. The third kappa shape index (κ3) is 3.24. The summed E-state index contributed by atoms with van der Waals surface area (Å²) in [5.41, 5.74) is 1.84.